The number of fused-ring (bicyclic) bond motifs is 1. The quantitative estimate of drug-likeness (QED) is 0.669. The largest absolute Gasteiger partial charge is 0.381 e. The topological polar surface area (TPSA) is 24.9 Å². The van der Waals surface area contributed by atoms with Gasteiger partial charge in [-0.15, -0.1) is 0 Å². The summed E-state index contributed by atoms with van der Waals surface area (Å²) in [5, 5.41) is 5.94. The van der Waals surface area contributed by atoms with Gasteiger partial charge in [-0.1, -0.05) is 24.3 Å². The zero-order valence-corrected chi connectivity index (χ0v) is 13.4. The zero-order valence-electron chi connectivity index (χ0n) is 11.2. The summed E-state index contributed by atoms with van der Waals surface area (Å²) in [6.07, 6.45) is 3.76. The van der Waals surface area contributed by atoms with E-state index in [0.717, 1.165) is 12.2 Å². The predicted octanol–water partition coefficient (Wildman–Crippen LogP) is 4.76. The number of nitrogens with one attached hydrogen (secondary N) is 1. The highest BCUT2D eigenvalue weighted by Gasteiger charge is 2.01. The summed E-state index contributed by atoms with van der Waals surface area (Å²) >= 11 is 2.37. The highest BCUT2D eigenvalue weighted by Crippen LogP contribution is 2.21. The molecule has 3 rings (SSSR count). The van der Waals surface area contributed by atoms with E-state index in [1.165, 1.54) is 25.5 Å². The molecule has 0 saturated heterocycles. The molecule has 0 amide bonds. The first kappa shape index (κ1) is 13.4. The summed E-state index contributed by atoms with van der Waals surface area (Å²) in [5.74, 6) is 0. The molecule has 0 unspecified atom stereocenters. The van der Waals surface area contributed by atoms with Gasteiger partial charge in [0.1, 0.15) is 0 Å². The van der Waals surface area contributed by atoms with Crippen LogP contribution in [0.2, 0.25) is 0 Å². The van der Waals surface area contributed by atoms with Gasteiger partial charge >= 0.3 is 0 Å². The van der Waals surface area contributed by atoms with Gasteiger partial charge in [0, 0.05) is 33.6 Å². The van der Waals surface area contributed by atoms with E-state index in [0.29, 0.717) is 0 Å². The van der Waals surface area contributed by atoms with E-state index in [2.05, 4.69) is 82.3 Å². The van der Waals surface area contributed by atoms with Crippen molar-refractivity contribution in [1.29, 1.82) is 0 Å². The molecule has 0 atom stereocenters. The fourth-order valence-electron chi connectivity index (χ4n) is 2.24. The molecule has 0 aliphatic rings. The summed E-state index contributed by atoms with van der Waals surface area (Å²) in [6.45, 7) is 2.95. The molecule has 2 nitrogen and oxygen atoms in total. The van der Waals surface area contributed by atoms with Crippen LogP contribution in [0.4, 0.5) is 5.69 Å². The molecule has 3 aromatic rings. The number of halogens is 1. The van der Waals surface area contributed by atoms with Gasteiger partial charge in [0.2, 0.25) is 0 Å². The lowest BCUT2D eigenvalue weighted by molar-refractivity contribution is 1.16. The summed E-state index contributed by atoms with van der Waals surface area (Å²) < 4.78 is 1.29. The maximum Gasteiger partial charge on any atom is 0.0406 e. The van der Waals surface area contributed by atoms with Crippen LogP contribution in [0.25, 0.3) is 10.8 Å². The summed E-state index contributed by atoms with van der Waals surface area (Å²) in [7, 11) is 0. The molecule has 2 aromatic carbocycles. The van der Waals surface area contributed by atoms with Gasteiger partial charge in [0.25, 0.3) is 0 Å². The smallest absolute Gasteiger partial charge is 0.0406 e. The van der Waals surface area contributed by atoms with Gasteiger partial charge < -0.3 is 5.32 Å². The first-order valence-corrected chi connectivity index (χ1v) is 7.63. The minimum atomic E-state index is 0.820. The molecule has 0 fully saturated rings. The first-order chi connectivity index (χ1) is 9.74. The van der Waals surface area contributed by atoms with Crippen LogP contribution >= 0.6 is 22.6 Å². The van der Waals surface area contributed by atoms with Crippen molar-refractivity contribution in [3.8, 4) is 0 Å². The molecule has 0 spiro atoms. The van der Waals surface area contributed by atoms with E-state index in [9.17, 15) is 0 Å². The van der Waals surface area contributed by atoms with Crippen molar-refractivity contribution in [3.05, 3.63) is 69.6 Å². The van der Waals surface area contributed by atoms with Crippen molar-refractivity contribution in [2.75, 3.05) is 5.32 Å². The SMILES string of the molecule is Cc1ccc(NCc2cccc3cnccc23)cc1I. The van der Waals surface area contributed by atoms with Crippen molar-refractivity contribution < 1.29 is 0 Å². The van der Waals surface area contributed by atoms with Gasteiger partial charge in [-0.2, -0.15) is 0 Å². The number of rotatable bonds is 3. The van der Waals surface area contributed by atoms with E-state index in [1.54, 1.807) is 0 Å². The van der Waals surface area contributed by atoms with E-state index in [1.807, 2.05) is 12.4 Å². The third kappa shape index (κ3) is 2.77. The standard InChI is InChI=1S/C17H15IN2/c1-12-5-6-15(9-17(12)18)20-11-14-4-2-3-13-10-19-8-7-16(13)14/h2-10,20H,11H2,1H3. The second-order valence-corrected chi connectivity index (χ2v) is 5.99. The van der Waals surface area contributed by atoms with Crippen LogP contribution in [0.15, 0.2) is 54.9 Å². The van der Waals surface area contributed by atoms with Crippen LogP contribution in [0.5, 0.6) is 0 Å². The van der Waals surface area contributed by atoms with Crippen molar-refractivity contribution in [2.24, 2.45) is 0 Å². The average molecular weight is 374 g/mol. The second-order valence-electron chi connectivity index (χ2n) is 4.83. The Hall–Kier alpha value is -1.62. The van der Waals surface area contributed by atoms with E-state index in [-0.39, 0.29) is 0 Å². The number of hydrogen-bond acceptors (Lipinski definition) is 2. The van der Waals surface area contributed by atoms with E-state index >= 15 is 0 Å². The maximum atomic E-state index is 4.17. The fourth-order valence-corrected chi connectivity index (χ4v) is 2.76. The van der Waals surface area contributed by atoms with Crippen LogP contribution < -0.4 is 5.32 Å². The molecular weight excluding hydrogens is 359 g/mol. The van der Waals surface area contributed by atoms with Gasteiger partial charge in [-0.25, -0.2) is 0 Å². The Labute approximate surface area is 132 Å². The van der Waals surface area contributed by atoms with Crippen molar-refractivity contribution in [3.63, 3.8) is 0 Å². The lowest BCUT2D eigenvalue weighted by atomic mass is 10.1. The summed E-state index contributed by atoms with van der Waals surface area (Å²) in [5.41, 5.74) is 3.76. The monoisotopic (exact) mass is 374 g/mol. The Bertz CT molecular complexity index is 748. The number of aromatic nitrogens is 1. The third-order valence-corrected chi connectivity index (χ3v) is 4.59. The van der Waals surface area contributed by atoms with Crippen molar-refractivity contribution >= 4 is 39.1 Å². The van der Waals surface area contributed by atoms with Crippen LogP contribution in [-0.2, 0) is 6.54 Å². The maximum absolute atomic E-state index is 4.17. The Balaban J connectivity index is 1.85. The zero-order chi connectivity index (χ0) is 13.9. The minimum absolute atomic E-state index is 0.820. The lowest BCUT2D eigenvalue weighted by Gasteiger charge is -2.10. The molecular formula is C17H15IN2. The number of pyridine rings is 1. The normalized spacial score (nSPS) is 10.7. The Kier molecular flexibility index (Phi) is 3.87. The summed E-state index contributed by atoms with van der Waals surface area (Å²) in [6, 6.07) is 14.9. The number of aryl methyl sites for hydroxylation is 1. The Morgan fingerprint density at radius 3 is 2.90 bits per heavy atom. The molecule has 0 aliphatic carbocycles. The van der Waals surface area contributed by atoms with Gasteiger partial charge in [0.05, 0.1) is 0 Å². The van der Waals surface area contributed by atoms with Gasteiger partial charge in [-0.3, -0.25) is 4.98 Å². The highest BCUT2D eigenvalue weighted by molar-refractivity contribution is 14.1. The van der Waals surface area contributed by atoms with Crippen LogP contribution in [0.3, 0.4) is 0 Å². The first-order valence-electron chi connectivity index (χ1n) is 6.56. The van der Waals surface area contributed by atoms with E-state index < -0.39 is 0 Å². The summed E-state index contributed by atoms with van der Waals surface area (Å²) in [4.78, 5) is 4.17. The van der Waals surface area contributed by atoms with Crippen molar-refractivity contribution in [2.45, 2.75) is 13.5 Å². The van der Waals surface area contributed by atoms with Gasteiger partial charge in [-0.05, 0) is 64.2 Å². The van der Waals surface area contributed by atoms with Crippen LogP contribution in [0.1, 0.15) is 11.1 Å². The molecule has 1 N–H and O–H groups in total. The molecule has 3 heteroatoms. The molecule has 0 bridgehead atoms. The second kappa shape index (κ2) is 5.79. The predicted molar refractivity (Wildman–Crippen MR) is 93.0 cm³/mol. The molecule has 1 heterocycles. The molecule has 0 radical (unpaired) electrons. The number of nitrogens with zero attached hydrogens (tertiary/aromatic N) is 1. The van der Waals surface area contributed by atoms with Crippen LogP contribution in [-0.4, -0.2) is 4.98 Å². The average Bonchev–Trinajstić information content (AvgIpc) is 2.48. The molecule has 20 heavy (non-hydrogen) atoms. The van der Waals surface area contributed by atoms with E-state index in [4.69, 9.17) is 0 Å². The Morgan fingerprint density at radius 2 is 2.05 bits per heavy atom. The fraction of sp³-hybridized carbons (Fsp3) is 0.118. The number of anilines is 1. The highest BCUT2D eigenvalue weighted by atomic mass is 127. The third-order valence-electron chi connectivity index (χ3n) is 3.43. The number of benzene rings is 2. The van der Waals surface area contributed by atoms with Gasteiger partial charge in [0.15, 0.2) is 0 Å². The lowest BCUT2D eigenvalue weighted by Crippen LogP contribution is -2.00. The van der Waals surface area contributed by atoms with Crippen LogP contribution in [0, 0.1) is 10.5 Å². The molecule has 1 aromatic heterocycles. The molecule has 0 saturated carbocycles. The van der Waals surface area contributed by atoms with Crippen molar-refractivity contribution in [1.82, 2.24) is 4.98 Å². The Morgan fingerprint density at radius 1 is 1.15 bits per heavy atom. The molecule has 0 aliphatic heterocycles. The minimum Gasteiger partial charge on any atom is -0.381 e. The molecule has 100 valence electrons. The number of hydrogen-bond donors (Lipinski definition) is 1.